The Hall–Kier alpha value is -2.91. The molecule has 0 radical (unpaired) electrons. The Morgan fingerprint density at radius 1 is 0.828 bits per heavy atom. The van der Waals surface area contributed by atoms with E-state index in [-0.39, 0.29) is 11.7 Å². The van der Waals surface area contributed by atoms with E-state index >= 15 is 0 Å². The minimum atomic E-state index is -0.562. The van der Waals surface area contributed by atoms with Gasteiger partial charge in [0.25, 0.3) is 0 Å². The highest BCUT2D eigenvalue weighted by Crippen LogP contribution is 2.42. The molecule has 4 rings (SSSR count). The molecule has 4 heteroatoms. The molecule has 0 heterocycles. The van der Waals surface area contributed by atoms with Crippen molar-refractivity contribution in [2.75, 3.05) is 5.32 Å². The van der Waals surface area contributed by atoms with E-state index in [0.717, 1.165) is 31.2 Å². The maximum Gasteiger partial charge on any atom is 0.235 e. The number of hydrogen-bond acceptors (Lipinski definition) is 2. The molecule has 0 bridgehead atoms. The third-order valence-corrected chi connectivity index (χ3v) is 5.96. The fourth-order valence-electron chi connectivity index (χ4n) is 4.18. The predicted octanol–water partition coefficient (Wildman–Crippen LogP) is 6.02. The van der Waals surface area contributed by atoms with Crippen LogP contribution in [0.3, 0.4) is 0 Å². The third-order valence-electron chi connectivity index (χ3n) is 5.73. The maximum atomic E-state index is 13.5. The van der Waals surface area contributed by atoms with Crippen molar-refractivity contribution < 1.29 is 9.59 Å². The van der Waals surface area contributed by atoms with E-state index in [4.69, 9.17) is 11.6 Å². The normalized spacial score (nSPS) is 15.1. The van der Waals surface area contributed by atoms with Crippen LogP contribution in [0.1, 0.15) is 47.2 Å². The monoisotopic (exact) mass is 403 g/mol. The molecule has 1 N–H and O–H groups in total. The van der Waals surface area contributed by atoms with E-state index in [0.29, 0.717) is 21.8 Å². The SMILES string of the molecule is O=C(c1ccccc1)c1cc(Cl)ccc1NC(=O)C1(c2ccccc2)CCCC1. The molecule has 1 amide bonds. The summed E-state index contributed by atoms with van der Waals surface area (Å²) in [5.41, 5.74) is 1.92. The Kier molecular flexibility index (Phi) is 5.50. The summed E-state index contributed by atoms with van der Waals surface area (Å²) < 4.78 is 0. The second kappa shape index (κ2) is 8.22. The van der Waals surface area contributed by atoms with Gasteiger partial charge in [-0.05, 0) is 36.6 Å². The van der Waals surface area contributed by atoms with Crippen molar-refractivity contribution in [1.29, 1.82) is 0 Å². The molecular formula is C25H22ClNO2. The topological polar surface area (TPSA) is 46.2 Å². The lowest BCUT2D eigenvalue weighted by molar-refractivity contribution is -0.121. The number of anilines is 1. The second-order valence-electron chi connectivity index (χ2n) is 7.49. The van der Waals surface area contributed by atoms with Crippen LogP contribution in [0, 0.1) is 0 Å². The Bertz CT molecular complexity index is 1030. The zero-order chi connectivity index (χ0) is 20.3. The van der Waals surface area contributed by atoms with E-state index in [9.17, 15) is 9.59 Å². The predicted molar refractivity (Wildman–Crippen MR) is 117 cm³/mol. The first-order valence-electron chi connectivity index (χ1n) is 9.86. The van der Waals surface area contributed by atoms with Crippen LogP contribution in [0.25, 0.3) is 0 Å². The van der Waals surface area contributed by atoms with Crippen molar-refractivity contribution >= 4 is 29.0 Å². The number of carbonyl (C=O) groups excluding carboxylic acids is 2. The molecule has 146 valence electrons. The number of benzene rings is 3. The van der Waals surface area contributed by atoms with Crippen molar-refractivity contribution in [3.8, 4) is 0 Å². The van der Waals surface area contributed by atoms with Crippen molar-refractivity contribution in [2.24, 2.45) is 0 Å². The van der Waals surface area contributed by atoms with Gasteiger partial charge in [-0.1, -0.05) is 85.1 Å². The van der Waals surface area contributed by atoms with E-state index in [1.54, 1.807) is 30.3 Å². The zero-order valence-electron chi connectivity index (χ0n) is 16.0. The Morgan fingerprint density at radius 3 is 2.10 bits per heavy atom. The first-order chi connectivity index (χ1) is 14.1. The van der Waals surface area contributed by atoms with Crippen LogP contribution >= 0.6 is 11.6 Å². The number of ketones is 1. The van der Waals surface area contributed by atoms with Gasteiger partial charge in [0, 0.05) is 16.1 Å². The minimum absolute atomic E-state index is 0.0642. The van der Waals surface area contributed by atoms with Gasteiger partial charge >= 0.3 is 0 Å². The Balaban J connectivity index is 1.69. The second-order valence-corrected chi connectivity index (χ2v) is 7.93. The molecule has 0 atom stereocenters. The summed E-state index contributed by atoms with van der Waals surface area (Å²) in [6.45, 7) is 0. The van der Waals surface area contributed by atoms with Crippen LogP contribution in [0.5, 0.6) is 0 Å². The fourth-order valence-corrected chi connectivity index (χ4v) is 4.35. The van der Waals surface area contributed by atoms with E-state index in [1.807, 2.05) is 48.5 Å². The van der Waals surface area contributed by atoms with Gasteiger partial charge in [0.2, 0.25) is 5.91 Å². The van der Waals surface area contributed by atoms with E-state index in [1.165, 1.54) is 0 Å². The van der Waals surface area contributed by atoms with Gasteiger partial charge in [0.05, 0.1) is 11.1 Å². The molecule has 3 aromatic rings. The number of hydrogen-bond donors (Lipinski definition) is 1. The largest absolute Gasteiger partial charge is 0.325 e. The van der Waals surface area contributed by atoms with Gasteiger partial charge in [0.15, 0.2) is 5.78 Å². The summed E-state index contributed by atoms with van der Waals surface area (Å²) >= 11 is 6.17. The smallest absolute Gasteiger partial charge is 0.235 e. The molecule has 1 aliphatic rings. The van der Waals surface area contributed by atoms with Crippen LogP contribution in [0.2, 0.25) is 5.02 Å². The summed E-state index contributed by atoms with van der Waals surface area (Å²) in [4.78, 5) is 26.5. The van der Waals surface area contributed by atoms with Crippen molar-refractivity contribution in [1.82, 2.24) is 0 Å². The summed E-state index contributed by atoms with van der Waals surface area (Å²) in [5.74, 6) is -0.228. The van der Waals surface area contributed by atoms with Crippen molar-refractivity contribution in [3.63, 3.8) is 0 Å². The molecule has 0 aromatic heterocycles. The average Bonchev–Trinajstić information content (AvgIpc) is 3.27. The molecule has 3 nitrogen and oxygen atoms in total. The van der Waals surface area contributed by atoms with Crippen LogP contribution in [0.4, 0.5) is 5.69 Å². The number of carbonyl (C=O) groups is 2. The van der Waals surface area contributed by atoms with Crippen LogP contribution in [0.15, 0.2) is 78.9 Å². The van der Waals surface area contributed by atoms with Crippen LogP contribution in [-0.4, -0.2) is 11.7 Å². The quantitative estimate of drug-likeness (QED) is 0.529. The van der Waals surface area contributed by atoms with Gasteiger partial charge in [-0.2, -0.15) is 0 Å². The Morgan fingerprint density at radius 2 is 1.45 bits per heavy atom. The van der Waals surface area contributed by atoms with Crippen molar-refractivity contribution in [2.45, 2.75) is 31.1 Å². The standard InChI is InChI=1S/C25H22ClNO2/c26-20-13-14-22(21(17-20)23(28)18-9-3-1-4-10-18)27-24(29)25(15-7-8-16-25)19-11-5-2-6-12-19/h1-6,9-14,17H,7-8,15-16H2,(H,27,29). The van der Waals surface area contributed by atoms with Gasteiger partial charge < -0.3 is 5.32 Å². The third kappa shape index (κ3) is 3.83. The van der Waals surface area contributed by atoms with Gasteiger partial charge in [0.1, 0.15) is 0 Å². The van der Waals surface area contributed by atoms with Gasteiger partial charge in [-0.25, -0.2) is 0 Å². The molecule has 0 unspecified atom stereocenters. The van der Waals surface area contributed by atoms with Crippen molar-refractivity contribution in [3.05, 3.63) is 101 Å². The number of rotatable bonds is 5. The first-order valence-corrected chi connectivity index (χ1v) is 10.2. The highest BCUT2D eigenvalue weighted by molar-refractivity contribution is 6.31. The lowest BCUT2D eigenvalue weighted by Crippen LogP contribution is -2.38. The summed E-state index contributed by atoms with van der Waals surface area (Å²) in [7, 11) is 0. The fraction of sp³-hybridized carbons (Fsp3) is 0.200. The molecule has 0 aliphatic heterocycles. The summed E-state index contributed by atoms with van der Waals surface area (Å²) in [5, 5.41) is 3.51. The zero-order valence-corrected chi connectivity index (χ0v) is 16.8. The van der Waals surface area contributed by atoms with Crippen LogP contribution in [-0.2, 0) is 10.2 Å². The lowest BCUT2D eigenvalue weighted by atomic mass is 9.78. The minimum Gasteiger partial charge on any atom is -0.325 e. The molecule has 0 spiro atoms. The average molecular weight is 404 g/mol. The summed E-state index contributed by atoms with van der Waals surface area (Å²) in [6.07, 6.45) is 3.63. The Labute approximate surface area is 175 Å². The molecule has 3 aromatic carbocycles. The molecular weight excluding hydrogens is 382 g/mol. The first kappa shape index (κ1) is 19.4. The van der Waals surface area contributed by atoms with E-state index < -0.39 is 5.41 Å². The molecule has 1 aliphatic carbocycles. The number of amides is 1. The van der Waals surface area contributed by atoms with E-state index in [2.05, 4.69) is 5.32 Å². The highest BCUT2D eigenvalue weighted by atomic mass is 35.5. The van der Waals surface area contributed by atoms with Gasteiger partial charge in [-0.15, -0.1) is 0 Å². The molecule has 1 fully saturated rings. The molecule has 29 heavy (non-hydrogen) atoms. The molecule has 0 saturated heterocycles. The number of nitrogens with one attached hydrogen (secondary N) is 1. The highest BCUT2D eigenvalue weighted by Gasteiger charge is 2.42. The molecule has 1 saturated carbocycles. The van der Waals surface area contributed by atoms with Crippen LogP contribution < -0.4 is 5.32 Å². The summed E-state index contributed by atoms with van der Waals surface area (Å²) in [6, 6.07) is 24.0. The maximum absolute atomic E-state index is 13.5. The number of halogens is 1. The lowest BCUT2D eigenvalue weighted by Gasteiger charge is -2.28. The van der Waals surface area contributed by atoms with Gasteiger partial charge in [-0.3, -0.25) is 9.59 Å².